The van der Waals surface area contributed by atoms with E-state index in [0.717, 1.165) is 16.7 Å². The van der Waals surface area contributed by atoms with E-state index >= 15 is 0 Å². The predicted molar refractivity (Wildman–Crippen MR) is 96.1 cm³/mol. The maximum atomic E-state index is 13.0. The lowest BCUT2D eigenvalue weighted by atomic mass is 10.1. The van der Waals surface area contributed by atoms with E-state index < -0.39 is 0 Å². The van der Waals surface area contributed by atoms with Crippen molar-refractivity contribution in [3.63, 3.8) is 0 Å². The summed E-state index contributed by atoms with van der Waals surface area (Å²) in [6, 6.07) is 12.9. The summed E-state index contributed by atoms with van der Waals surface area (Å²) in [7, 11) is 1.54. The molecule has 0 saturated carbocycles. The molecule has 0 spiro atoms. The molecule has 2 heterocycles. The van der Waals surface area contributed by atoms with Crippen LogP contribution in [0.2, 0.25) is 5.02 Å². The highest BCUT2D eigenvalue weighted by Gasteiger charge is 2.17. The smallest absolute Gasteiger partial charge is 0.200 e. The summed E-state index contributed by atoms with van der Waals surface area (Å²) >= 11 is 6.18. The molecular weight excluding hydrogens is 326 g/mol. The van der Waals surface area contributed by atoms with Gasteiger partial charge in [0.1, 0.15) is 17.1 Å². The van der Waals surface area contributed by atoms with E-state index in [4.69, 9.17) is 20.8 Å². The second kappa shape index (κ2) is 5.42. The molecule has 4 aromatic rings. The molecule has 0 unspecified atom stereocenters. The Balaban J connectivity index is 2.03. The molecule has 0 radical (unpaired) electrons. The molecule has 0 saturated heterocycles. The average Bonchev–Trinajstić information content (AvgIpc) is 2.98. The number of aromatic amines is 1. The van der Waals surface area contributed by atoms with Crippen LogP contribution in [0.3, 0.4) is 0 Å². The lowest BCUT2D eigenvalue weighted by Gasteiger charge is -2.09. The van der Waals surface area contributed by atoms with Gasteiger partial charge in [0, 0.05) is 22.5 Å². The van der Waals surface area contributed by atoms with Crippen LogP contribution in [-0.2, 0) is 0 Å². The molecule has 4 rings (SSSR count). The van der Waals surface area contributed by atoms with Gasteiger partial charge in [0.25, 0.3) is 0 Å². The van der Waals surface area contributed by atoms with Gasteiger partial charge in [-0.25, -0.2) is 0 Å². The number of para-hydroxylation sites is 1. The van der Waals surface area contributed by atoms with Crippen LogP contribution in [0.15, 0.2) is 51.7 Å². The summed E-state index contributed by atoms with van der Waals surface area (Å²) in [4.78, 5) is 16.2. The number of aryl methyl sites for hydroxylation is 1. The van der Waals surface area contributed by atoms with Crippen molar-refractivity contribution >= 4 is 33.5 Å². The Bertz CT molecular complexity index is 1110. The van der Waals surface area contributed by atoms with Gasteiger partial charge in [-0.1, -0.05) is 29.8 Å². The maximum absolute atomic E-state index is 13.0. The minimum absolute atomic E-state index is 0.121. The van der Waals surface area contributed by atoms with Crippen LogP contribution in [0.4, 0.5) is 0 Å². The van der Waals surface area contributed by atoms with Crippen molar-refractivity contribution < 1.29 is 9.15 Å². The van der Waals surface area contributed by atoms with Gasteiger partial charge in [0.15, 0.2) is 0 Å². The molecule has 1 N–H and O–H groups in total. The second-order valence-electron chi connectivity index (χ2n) is 5.63. The molecule has 2 aromatic carbocycles. The Morgan fingerprint density at radius 3 is 2.71 bits per heavy atom. The second-order valence-corrected chi connectivity index (χ2v) is 6.04. The average molecular weight is 340 g/mol. The molecule has 24 heavy (non-hydrogen) atoms. The van der Waals surface area contributed by atoms with Crippen molar-refractivity contribution in [1.29, 1.82) is 0 Å². The van der Waals surface area contributed by atoms with Crippen LogP contribution < -0.4 is 10.2 Å². The van der Waals surface area contributed by atoms with E-state index in [1.165, 1.54) is 0 Å². The number of ether oxygens (including phenoxy) is 1. The van der Waals surface area contributed by atoms with E-state index in [1.807, 2.05) is 37.3 Å². The Labute approximate surface area is 142 Å². The number of methoxy groups -OCH3 is 1. The fourth-order valence-electron chi connectivity index (χ4n) is 2.97. The first-order chi connectivity index (χ1) is 11.6. The zero-order valence-corrected chi connectivity index (χ0v) is 13.9. The molecule has 2 aromatic heterocycles. The van der Waals surface area contributed by atoms with Gasteiger partial charge in [0.05, 0.1) is 23.2 Å². The van der Waals surface area contributed by atoms with Gasteiger partial charge < -0.3 is 14.1 Å². The number of nitrogens with one attached hydrogen (secondary N) is 1. The normalized spacial score (nSPS) is 11.3. The van der Waals surface area contributed by atoms with Crippen molar-refractivity contribution in [3.05, 3.63) is 63.4 Å². The number of hydrogen-bond acceptors (Lipinski definition) is 3. The number of rotatable bonds is 2. The number of hydrogen-bond donors (Lipinski definition) is 1. The van der Waals surface area contributed by atoms with Crippen LogP contribution in [0.1, 0.15) is 5.69 Å². The summed E-state index contributed by atoms with van der Waals surface area (Å²) < 4.78 is 11.1. The van der Waals surface area contributed by atoms with E-state index in [1.54, 1.807) is 19.2 Å². The molecule has 0 aliphatic carbocycles. The van der Waals surface area contributed by atoms with Crippen LogP contribution in [-0.4, -0.2) is 12.1 Å². The van der Waals surface area contributed by atoms with Crippen molar-refractivity contribution in [2.24, 2.45) is 0 Å². The van der Waals surface area contributed by atoms with Crippen molar-refractivity contribution in [2.75, 3.05) is 7.11 Å². The molecule has 0 aliphatic heterocycles. The summed E-state index contributed by atoms with van der Waals surface area (Å²) in [5, 5.41) is 1.86. The lowest BCUT2D eigenvalue weighted by Crippen LogP contribution is -2.09. The van der Waals surface area contributed by atoms with E-state index in [-0.39, 0.29) is 5.43 Å². The first-order valence-corrected chi connectivity index (χ1v) is 7.85. The highest BCUT2D eigenvalue weighted by atomic mass is 35.5. The van der Waals surface area contributed by atoms with Crippen molar-refractivity contribution in [1.82, 2.24) is 4.98 Å². The summed E-state index contributed by atoms with van der Waals surface area (Å²) in [5.74, 6) is 1.07. The summed E-state index contributed by atoms with van der Waals surface area (Å²) in [6.07, 6.45) is 0. The number of aromatic nitrogens is 1. The van der Waals surface area contributed by atoms with E-state index in [2.05, 4.69) is 4.98 Å². The van der Waals surface area contributed by atoms with Crippen LogP contribution in [0.5, 0.6) is 5.75 Å². The molecule has 120 valence electrons. The SMILES string of the molecule is COc1cc2[nH]c(C)c(-c3cc4ccccc4o3)c(=O)c2cc1Cl. The number of fused-ring (bicyclic) bond motifs is 2. The molecule has 0 amide bonds. The van der Waals surface area contributed by atoms with Crippen molar-refractivity contribution in [2.45, 2.75) is 6.92 Å². The molecule has 0 atom stereocenters. The fraction of sp³-hybridized carbons (Fsp3) is 0.105. The molecular formula is C19H14ClNO3. The molecule has 0 aliphatic rings. The van der Waals surface area contributed by atoms with E-state index in [9.17, 15) is 4.79 Å². The minimum Gasteiger partial charge on any atom is -0.495 e. The summed E-state index contributed by atoms with van der Waals surface area (Å²) in [5.41, 5.74) is 2.55. The Kier molecular flexibility index (Phi) is 3.36. The first kappa shape index (κ1) is 14.8. The monoisotopic (exact) mass is 339 g/mol. The Hall–Kier alpha value is -2.72. The number of halogens is 1. The Morgan fingerprint density at radius 1 is 1.17 bits per heavy atom. The third-order valence-corrected chi connectivity index (χ3v) is 4.43. The van der Waals surface area contributed by atoms with Gasteiger partial charge in [0.2, 0.25) is 5.43 Å². The number of benzene rings is 2. The molecule has 0 fully saturated rings. The summed E-state index contributed by atoms with van der Waals surface area (Å²) in [6.45, 7) is 1.85. The molecule has 5 heteroatoms. The third kappa shape index (κ3) is 2.19. The first-order valence-electron chi connectivity index (χ1n) is 7.47. The maximum Gasteiger partial charge on any atom is 0.200 e. The number of pyridine rings is 1. The molecule has 0 bridgehead atoms. The molecule has 4 nitrogen and oxygen atoms in total. The fourth-order valence-corrected chi connectivity index (χ4v) is 3.21. The van der Waals surface area contributed by atoms with Gasteiger partial charge in [-0.3, -0.25) is 4.79 Å². The zero-order chi connectivity index (χ0) is 16.8. The number of furan rings is 1. The highest BCUT2D eigenvalue weighted by molar-refractivity contribution is 6.32. The Morgan fingerprint density at radius 2 is 1.96 bits per heavy atom. The van der Waals surface area contributed by atoms with Crippen LogP contribution in [0, 0.1) is 6.92 Å². The standard InChI is InChI=1S/C19H14ClNO3/c1-10-18(17-7-11-5-3-4-6-15(11)24-17)19(22)12-8-13(20)16(23-2)9-14(12)21-10/h3-9H,1-2H3,(H,21,22). The van der Waals surface area contributed by atoms with Crippen molar-refractivity contribution in [3.8, 4) is 17.1 Å². The minimum atomic E-state index is -0.121. The highest BCUT2D eigenvalue weighted by Crippen LogP contribution is 2.31. The van der Waals surface area contributed by atoms with Crippen LogP contribution >= 0.6 is 11.6 Å². The van der Waals surface area contributed by atoms with Gasteiger partial charge in [-0.2, -0.15) is 0 Å². The van der Waals surface area contributed by atoms with Crippen LogP contribution in [0.25, 0.3) is 33.2 Å². The van der Waals surface area contributed by atoms with E-state index in [0.29, 0.717) is 33.0 Å². The van der Waals surface area contributed by atoms with Gasteiger partial charge in [-0.05, 0) is 25.1 Å². The predicted octanol–water partition coefficient (Wildman–Crippen LogP) is 4.91. The third-order valence-electron chi connectivity index (χ3n) is 4.13. The lowest BCUT2D eigenvalue weighted by molar-refractivity contribution is 0.415. The topological polar surface area (TPSA) is 55.2 Å². The number of H-pyrrole nitrogens is 1. The zero-order valence-electron chi connectivity index (χ0n) is 13.1. The largest absolute Gasteiger partial charge is 0.495 e. The quantitative estimate of drug-likeness (QED) is 0.564. The van der Waals surface area contributed by atoms with Gasteiger partial charge in [-0.15, -0.1) is 0 Å². The van der Waals surface area contributed by atoms with Gasteiger partial charge >= 0.3 is 0 Å².